The van der Waals surface area contributed by atoms with Gasteiger partial charge in [-0.25, -0.2) is 0 Å². The second-order valence-electron chi connectivity index (χ2n) is 6.84. The third-order valence-electron chi connectivity index (χ3n) is 4.61. The van der Waals surface area contributed by atoms with E-state index in [-0.39, 0.29) is 5.91 Å². The first kappa shape index (κ1) is 33.1. The van der Waals surface area contributed by atoms with Crippen LogP contribution in [0.2, 0.25) is 0 Å². The molecule has 5 heteroatoms. The van der Waals surface area contributed by atoms with Crippen LogP contribution in [0, 0.1) is 0 Å². The molecular weight excluding hydrogens is 420 g/mol. The van der Waals surface area contributed by atoms with Gasteiger partial charge < -0.3 is 20.4 Å². The minimum absolute atomic E-state index is 0.153. The molecule has 34 heavy (non-hydrogen) atoms. The summed E-state index contributed by atoms with van der Waals surface area (Å²) in [4.78, 5) is 19.0. The zero-order valence-corrected chi connectivity index (χ0v) is 22.6. The van der Waals surface area contributed by atoms with Gasteiger partial charge >= 0.3 is 0 Å². The van der Waals surface area contributed by atoms with Crippen LogP contribution in [0.25, 0.3) is 0 Å². The Morgan fingerprint density at radius 3 is 1.97 bits per heavy atom. The predicted molar refractivity (Wildman–Crippen MR) is 152 cm³/mol. The van der Waals surface area contributed by atoms with Gasteiger partial charge in [-0.3, -0.25) is 4.79 Å². The van der Waals surface area contributed by atoms with Crippen molar-refractivity contribution in [3.8, 4) is 0 Å². The standard InChI is InChI=1S/C20H27N3O.C5H9N.2C2H6/c1-4-6-10-18(5-2)23(19-11-8-7-9-12-19)17-20(24)22-15-13-21(3)14-16-22;1-2-3-4-5-6;2*1-2/h4-12H,2,13-17H2,1,3H3;2-5H,6H2,1H3;2*1-2H3/b6-4-,18-10+;3-2-,5-4-;;. The van der Waals surface area contributed by atoms with E-state index in [2.05, 4.69) is 18.5 Å². The van der Waals surface area contributed by atoms with Gasteiger partial charge in [0, 0.05) is 37.6 Å². The lowest BCUT2D eigenvalue weighted by atomic mass is 10.2. The first-order valence-electron chi connectivity index (χ1n) is 12.3. The number of carbonyl (C=O) groups is 1. The lowest BCUT2D eigenvalue weighted by Crippen LogP contribution is -2.50. The second kappa shape index (κ2) is 23.1. The van der Waals surface area contributed by atoms with Crippen molar-refractivity contribution >= 4 is 11.6 Å². The maximum absolute atomic E-state index is 12.8. The van der Waals surface area contributed by atoms with Gasteiger partial charge in [0.25, 0.3) is 0 Å². The Balaban J connectivity index is 0. The molecule has 190 valence electrons. The average molecular weight is 469 g/mol. The first-order valence-corrected chi connectivity index (χ1v) is 12.3. The van der Waals surface area contributed by atoms with E-state index in [0.717, 1.165) is 37.6 Å². The molecule has 1 aromatic rings. The molecule has 0 unspecified atom stereocenters. The van der Waals surface area contributed by atoms with Crippen LogP contribution in [0.15, 0.2) is 91.3 Å². The molecule has 1 heterocycles. The van der Waals surface area contributed by atoms with Crippen molar-refractivity contribution in [2.24, 2.45) is 5.73 Å². The van der Waals surface area contributed by atoms with Crippen LogP contribution >= 0.6 is 0 Å². The summed E-state index contributed by atoms with van der Waals surface area (Å²) in [5.74, 6) is 0.153. The van der Waals surface area contributed by atoms with Crippen LogP contribution in [-0.4, -0.2) is 55.5 Å². The van der Waals surface area contributed by atoms with Gasteiger partial charge in [0.05, 0.1) is 0 Å². The maximum atomic E-state index is 12.8. The summed E-state index contributed by atoms with van der Waals surface area (Å²) >= 11 is 0. The Morgan fingerprint density at radius 2 is 1.53 bits per heavy atom. The zero-order valence-electron chi connectivity index (χ0n) is 22.6. The Kier molecular flexibility index (Phi) is 22.5. The van der Waals surface area contributed by atoms with Crippen molar-refractivity contribution in [2.45, 2.75) is 41.5 Å². The number of benzene rings is 1. The fourth-order valence-corrected chi connectivity index (χ4v) is 2.87. The molecule has 5 nitrogen and oxygen atoms in total. The van der Waals surface area contributed by atoms with E-state index in [4.69, 9.17) is 5.73 Å². The molecule has 0 radical (unpaired) electrons. The Bertz CT molecular complexity index is 733. The molecule has 0 aliphatic carbocycles. The van der Waals surface area contributed by atoms with Crippen LogP contribution in [0.1, 0.15) is 41.5 Å². The number of nitrogens with two attached hydrogens (primary N) is 1. The second-order valence-corrected chi connectivity index (χ2v) is 6.84. The molecule has 0 aromatic heterocycles. The smallest absolute Gasteiger partial charge is 0.242 e. The fourth-order valence-electron chi connectivity index (χ4n) is 2.87. The number of hydrogen-bond acceptors (Lipinski definition) is 4. The lowest BCUT2D eigenvalue weighted by Gasteiger charge is -2.34. The number of allylic oxidation sites excluding steroid dienone is 7. The molecule has 1 aromatic carbocycles. The van der Waals surface area contributed by atoms with E-state index >= 15 is 0 Å². The Morgan fingerprint density at radius 1 is 0.971 bits per heavy atom. The van der Waals surface area contributed by atoms with Crippen LogP contribution in [0.5, 0.6) is 0 Å². The van der Waals surface area contributed by atoms with Gasteiger partial charge in [0.1, 0.15) is 6.54 Å². The topological polar surface area (TPSA) is 52.8 Å². The summed E-state index contributed by atoms with van der Waals surface area (Å²) in [7, 11) is 2.09. The summed E-state index contributed by atoms with van der Waals surface area (Å²) in [6.45, 7) is 19.6. The number of likely N-dealkylation sites (N-methyl/N-ethyl adjacent to an activating group) is 1. The maximum Gasteiger partial charge on any atom is 0.242 e. The highest BCUT2D eigenvalue weighted by atomic mass is 16.2. The van der Waals surface area contributed by atoms with Crippen molar-refractivity contribution < 1.29 is 4.79 Å². The van der Waals surface area contributed by atoms with Crippen LogP contribution in [0.3, 0.4) is 0 Å². The van der Waals surface area contributed by atoms with Crippen molar-refractivity contribution in [3.63, 3.8) is 0 Å². The molecule has 1 amide bonds. The first-order chi connectivity index (χ1) is 16.6. The highest BCUT2D eigenvalue weighted by Gasteiger charge is 2.22. The SMILES string of the molecule is C/C=C\C=C/N.C=C/C(=C\C=C/C)N(CC(=O)N1CCN(C)CC1)c1ccccc1.CC.CC. The normalized spacial score (nSPS) is 14.0. The third-order valence-corrected chi connectivity index (χ3v) is 4.61. The van der Waals surface area contributed by atoms with Crippen molar-refractivity contribution in [3.05, 3.63) is 91.3 Å². The highest BCUT2D eigenvalue weighted by molar-refractivity contribution is 5.83. The van der Waals surface area contributed by atoms with Crippen LogP contribution < -0.4 is 10.6 Å². The number of amides is 1. The summed E-state index contributed by atoms with van der Waals surface area (Å²) in [6.07, 6.45) is 14.8. The fraction of sp³-hybridized carbons (Fsp3) is 0.414. The van der Waals surface area contributed by atoms with Crippen molar-refractivity contribution in [1.29, 1.82) is 0 Å². The molecule has 1 saturated heterocycles. The Labute approximate surface area is 209 Å². The van der Waals surface area contributed by atoms with Gasteiger partial charge in [-0.2, -0.15) is 0 Å². The number of para-hydroxylation sites is 1. The lowest BCUT2D eigenvalue weighted by molar-refractivity contribution is -0.131. The predicted octanol–water partition coefficient (Wildman–Crippen LogP) is 6.00. The van der Waals surface area contributed by atoms with E-state index in [1.807, 2.05) is 112 Å². The molecule has 1 fully saturated rings. The molecule has 0 bridgehead atoms. The average Bonchev–Trinajstić information content (AvgIpc) is 2.90. The molecule has 2 N–H and O–H groups in total. The largest absolute Gasteiger partial charge is 0.405 e. The van der Waals surface area contributed by atoms with E-state index < -0.39 is 0 Å². The van der Waals surface area contributed by atoms with Crippen LogP contribution in [0.4, 0.5) is 5.69 Å². The number of carbonyl (C=O) groups excluding carboxylic acids is 1. The summed E-state index contributed by atoms with van der Waals surface area (Å²) in [5, 5.41) is 0. The van der Waals surface area contributed by atoms with Gasteiger partial charge in [-0.1, -0.05) is 76.8 Å². The monoisotopic (exact) mass is 468 g/mol. The summed E-state index contributed by atoms with van der Waals surface area (Å²) in [5.41, 5.74) is 6.90. The molecule has 2 rings (SSSR count). The molecule has 0 saturated carbocycles. The minimum Gasteiger partial charge on any atom is -0.405 e. The number of rotatable bonds is 7. The van der Waals surface area contributed by atoms with E-state index in [1.165, 1.54) is 6.20 Å². The number of anilines is 1. The molecule has 0 atom stereocenters. The minimum atomic E-state index is 0.153. The summed E-state index contributed by atoms with van der Waals surface area (Å²) < 4.78 is 0. The molecular formula is C29H48N4O. The van der Waals surface area contributed by atoms with Gasteiger partial charge in [0.15, 0.2) is 0 Å². The number of piperazine rings is 1. The quantitative estimate of drug-likeness (QED) is 0.499. The third kappa shape index (κ3) is 14.2. The van der Waals surface area contributed by atoms with Crippen molar-refractivity contribution in [1.82, 2.24) is 9.80 Å². The van der Waals surface area contributed by atoms with Gasteiger partial charge in [-0.15, -0.1) is 0 Å². The molecule has 1 aliphatic rings. The highest BCUT2D eigenvalue weighted by Crippen LogP contribution is 2.20. The van der Waals surface area contributed by atoms with E-state index in [0.29, 0.717) is 6.54 Å². The van der Waals surface area contributed by atoms with E-state index in [1.54, 1.807) is 12.2 Å². The zero-order chi connectivity index (χ0) is 26.2. The summed E-state index contributed by atoms with van der Waals surface area (Å²) in [6, 6.07) is 9.99. The molecule has 0 spiro atoms. The van der Waals surface area contributed by atoms with Gasteiger partial charge in [-0.05, 0) is 57.5 Å². The number of hydrogen-bond donors (Lipinski definition) is 1. The number of nitrogens with zero attached hydrogens (tertiary/aromatic N) is 3. The van der Waals surface area contributed by atoms with Crippen LogP contribution in [-0.2, 0) is 4.79 Å². The van der Waals surface area contributed by atoms with E-state index in [9.17, 15) is 4.79 Å². The van der Waals surface area contributed by atoms with Crippen molar-refractivity contribution in [2.75, 3.05) is 44.7 Å². The Hall–Kier alpha value is -3.05. The molecule has 1 aliphatic heterocycles. The van der Waals surface area contributed by atoms with Gasteiger partial charge in [0.2, 0.25) is 5.91 Å².